The van der Waals surface area contributed by atoms with E-state index in [0.29, 0.717) is 6.04 Å². The molecule has 1 aromatic heterocycles. The maximum Gasteiger partial charge on any atom is 0.256 e. The van der Waals surface area contributed by atoms with Gasteiger partial charge in [0, 0.05) is 6.42 Å². The van der Waals surface area contributed by atoms with Gasteiger partial charge in [0.1, 0.15) is 12.4 Å². The quantitative estimate of drug-likeness (QED) is 0.117. The summed E-state index contributed by atoms with van der Waals surface area (Å²) >= 11 is 0. The van der Waals surface area contributed by atoms with Crippen LogP contribution in [0, 0.1) is 0 Å². The molecule has 0 unspecified atom stereocenters. The van der Waals surface area contributed by atoms with Crippen LogP contribution in [0.1, 0.15) is 168 Å². The highest BCUT2D eigenvalue weighted by atomic mass is 15.2. The lowest BCUT2D eigenvalue weighted by Gasteiger charge is -2.08. The lowest BCUT2D eigenvalue weighted by atomic mass is 10.0. The summed E-state index contributed by atoms with van der Waals surface area (Å²) in [5.41, 5.74) is 0. The fourth-order valence-electron chi connectivity index (χ4n) is 4.96. The molecule has 0 fully saturated rings. The SMILES string of the molecule is CCCCCCCCCCCCCCCCCCCc1n(C(C)C)cc[n+]1CCCCC. The Hall–Kier alpha value is -0.790. The molecule has 188 valence electrons. The van der Waals surface area contributed by atoms with Gasteiger partial charge in [-0.05, 0) is 33.1 Å². The topological polar surface area (TPSA) is 8.81 Å². The molecule has 1 aromatic rings. The van der Waals surface area contributed by atoms with E-state index >= 15 is 0 Å². The van der Waals surface area contributed by atoms with Crippen LogP contribution in [0.4, 0.5) is 0 Å². The van der Waals surface area contributed by atoms with Crippen molar-refractivity contribution in [2.45, 2.75) is 175 Å². The number of imidazole rings is 1. The summed E-state index contributed by atoms with van der Waals surface area (Å²) in [6.07, 6.45) is 34.4. The fraction of sp³-hybridized carbons (Fsp3) is 0.900. The summed E-state index contributed by atoms with van der Waals surface area (Å²) in [4.78, 5) is 0. The zero-order valence-electron chi connectivity index (χ0n) is 22.7. The number of rotatable bonds is 23. The monoisotopic (exact) mass is 447 g/mol. The Morgan fingerprint density at radius 1 is 0.594 bits per heavy atom. The van der Waals surface area contributed by atoms with Crippen LogP contribution < -0.4 is 4.57 Å². The third-order valence-corrected chi connectivity index (χ3v) is 7.10. The molecule has 0 radical (unpaired) electrons. The van der Waals surface area contributed by atoms with Crippen LogP contribution in [0.25, 0.3) is 0 Å². The molecule has 2 heteroatoms. The molecule has 0 saturated heterocycles. The number of nitrogens with zero attached hydrogens (tertiary/aromatic N) is 2. The fourth-order valence-corrected chi connectivity index (χ4v) is 4.96. The van der Waals surface area contributed by atoms with E-state index in [1.807, 2.05) is 0 Å². The van der Waals surface area contributed by atoms with E-state index in [2.05, 4.69) is 49.2 Å². The van der Waals surface area contributed by atoms with Gasteiger partial charge in [-0.3, -0.25) is 0 Å². The minimum absolute atomic E-state index is 0.572. The van der Waals surface area contributed by atoms with Gasteiger partial charge in [0.05, 0.1) is 12.6 Å². The second-order valence-electron chi connectivity index (χ2n) is 10.5. The van der Waals surface area contributed by atoms with Crippen molar-refractivity contribution in [2.75, 3.05) is 0 Å². The number of hydrogen-bond donors (Lipinski definition) is 0. The largest absolute Gasteiger partial charge is 0.256 e. The van der Waals surface area contributed by atoms with Crippen molar-refractivity contribution >= 4 is 0 Å². The first-order chi connectivity index (χ1) is 15.7. The highest BCUT2D eigenvalue weighted by Gasteiger charge is 2.18. The standard InChI is InChI=1S/C30H59N2/c1-5-7-9-10-11-12-13-14-15-16-17-18-19-20-21-22-23-25-30-31(26-24-8-6-2)27-28-32(30)29(3)4/h27-29H,5-26H2,1-4H3/q+1. The smallest absolute Gasteiger partial charge is 0.234 e. The van der Waals surface area contributed by atoms with E-state index in [4.69, 9.17) is 0 Å². The van der Waals surface area contributed by atoms with Gasteiger partial charge >= 0.3 is 0 Å². The Morgan fingerprint density at radius 3 is 1.44 bits per heavy atom. The molecule has 32 heavy (non-hydrogen) atoms. The second-order valence-corrected chi connectivity index (χ2v) is 10.5. The van der Waals surface area contributed by atoms with Crippen LogP contribution in [-0.2, 0) is 13.0 Å². The molecule has 0 N–H and O–H groups in total. The lowest BCUT2D eigenvalue weighted by Crippen LogP contribution is -2.37. The van der Waals surface area contributed by atoms with Crippen molar-refractivity contribution in [2.24, 2.45) is 0 Å². The maximum absolute atomic E-state index is 2.53. The molecule has 0 aromatic carbocycles. The molecule has 0 aliphatic heterocycles. The van der Waals surface area contributed by atoms with E-state index in [1.165, 1.54) is 141 Å². The van der Waals surface area contributed by atoms with Crippen LogP contribution >= 0.6 is 0 Å². The summed E-state index contributed by atoms with van der Waals surface area (Å²) in [6.45, 7) is 10.4. The van der Waals surface area contributed by atoms with E-state index < -0.39 is 0 Å². The normalized spacial score (nSPS) is 11.7. The Balaban J connectivity index is 1.98. The van der Waals surface area contributed by atoms with Crippen molar-refractivity contribution in [1.82, 2.24) is 4.57 Å². The lowest BCUT2D eigenvalue weighted by molar-refractivity contribution is -0.704. The summed E-state index contributed by atoms with van der Waals surface area (Å²) in [5, 5.41) is 0. The van der Waals surface area contributed by atoms with Crippen LogP contribution in [0.15, 0.2) is 12.4 Å². The summed E-state index contributed by atoms with van der Waals surface area (Å²) in [6, 6.07) is 0.572. The average Bonchev–Trinajstić information content (AvgIpc) is 3.19. The van der Waals surface area contributed by atoms with Crippen molar-refractivity contribution in [3.05, 3.63) is 18.2 Å². The third-order valence-electron chi connectivity index (χ3n) is 7.10. The maximum atomic E-state index is 2.53. The molecule has 1 heterocycles. The molecule has 0 atom stereocenters. The number of aryl methyl sites for hydroxylation is 1. The van der Waals surface area contributed by atoms with Crippen molar-refractivity contribution in [3.8, 4) is 0 Å². The summed E-state index contributed by atoms with van der Waals surface area (Å²) < 4.78 is 5.03. The number of hydrogen-bond acceptors (Lipinski definition) is 0. The zero-order valence-corrected chi connectivity index (χ0v) is 22.7. The summed E-state index contributed by atoms with van der Waals surface area (Å²) in [7, 11) is 0. The first-order valence-corrected chi connectivity index (χ1v) is 14.8. The van der Waals surface area contributed by atoms with E-state index in [9.17, 15) is 0 Å². The Labute approximate surface area is 202 Å². The van der Waals surface area contributed by atoms with Gasteiger partial charge in [-0.15, -0.1) is 0 Å². The number of aromatic nitrogens is 2. The van der Waals surface area contributed by atoms with Crippen LogP contribution in [0.3, 0.4) is 0 Å². The minimum Gasteiger partial charge on any atom is -0.234 e. The van der Waals surface area contributed by atoms with E-state index in [1.54, 1.807) is 5.82 Å². The first kappa shape index (κ1) is 29.2. The van der Waals surface area contributed by atoms with Crippen molar-refractivity contribution < 1.29 is 4.57 Å². The molecule has 0 aliphatic carbocycles. The average molecular weight is 448 g/mol. The van der Waals surface area contributed by atoms with Gasteiger partial charge < -0.3 is 0 Å². The molecular weight excluding hydrogens is 388 g/mol. The molecule has 2 nitrogen and oxygen atoms in total. The van der Waals surface area contributed by atoms with Crippen molar-refractivity contribution in [3.63, 3.8) is 0 Å². The van der Waals surface area contributed by atoms with Gasteiger partial charge in [0.15, 0.2) is 0 Å². The highest BCUT2D eigenvalue weighted by molar-refractivity contribution is 4.86. The molecular formula is C30H59N2+. The zero-order chi connectivity index (χ0) is 23.3. The molecule has 0 aliphatic rings. The Bertz CT molecular complexity index is 517. The van der Waals surface area contributed by atoms with Gasteiger partial charge in [-0.2, -0.15) is 0 Å². The summed E-state index contributed by atoms with van der Waals surface area (Å²) in [5.74, 6) is 1.55. The first-order valence-electron chi connectivity index (χ1n) is 14.8. The number of unbranched alkanes of at least 4 members (excludes halogenated alkanes) is 18. The van der Waals surface area contributed by atoms with Crippen molar-refractivity contribution in [1.29, 1.82) is 0 Å². The molecule has 0 saturated carbocycles. The minimum atomic E-state index is 0.572. The van der Waals surface area contributed by atoms with Crippen LogP contribution in [0.5, 0.6) is 0 Å². The highest BCUT2D eigenvalue weighted by Crippen LogP contribution is 2.15. The van der Waals surface area contributed by atoms with Gasteiger partial charge in [-0.1, -0.05) is 123 Å². The van der Waals surface area contributed by atoms with Gasteiger partial charge in [0.25, 0.3) is 5.82 Å². The predicted molar refractivity (Wildman–Crippen MR) is 142 cm³/mol. The molecule has 0 spiro atoms. The van der Waals surface area contributed by atoms with Crippen LogP contribution in [-0.4, -0.2) is 4.57 Å². The van der Waals surface area contributed by atoms with Gasteiger partial charge in [0.2, 0.25) is 0 Å². The Morgan fingerprint density at radius 2 is 1.00 bits per heavy atom. The molecule has 0 bridgehead atoms. The Kier molecular flexibility index (Phi) is 19.0. The molecule has 0 amide bonds. The van der Waals surface area contributed by atoms with Gasteiger partial charge in [-0.25, -0.2) is 9.13 Å². The molecule has 1 rings (SSSR count). The van der Waals surface area contributed by atoms with E-state index in [-0.39, 0.29) is 0 Å². The third kappa shape index (κ3) is 14.4. The predicted octanol–water partition coefficient (Wildman–Crippen LogP) is 9.74. The second kappa shape index (κ2) is 20.8. The van der Waals surface area contributed by atoms with E-state index in [0.717, 1.165) is 0 Å². The van der Waals surface area contributed by atoms with Crippen LogP contribution in [0.2, 0.25) is 0 Å².